The Morgan fingerprint density at radius 2 is 1.84 bits per heavy atom. The van der Waals surface area contributed by atoms with E-state index < -0.39 is 6.10 Å². The van der Waals surface area contributed by atoms with Crippen molar-refractivity contribution < 1.29 is 14.6 Å². The van der Waals surface area contributed by atoms with Crippen LogP contribution in [-0.2, 0) is 4.79 Å². The monoisotopic (exact) mass is 347 g/mol. The molecule has 2 aliphatic rings. The first-order chi connectivity index (χ1) is 12.2. The molecule has 1 aromatic rings. The van der Waals surface area contributed by atoms with E-state index in [0.29, 0.717) is 19.7 Å². The van der Waals surface area contributed by atoms with Crippen LogP contribution in [0.25, 0.3) is 0 Å². The maximum Gasteiger partial charge on any atom is 0.234 e. The molecule has 6 heteroatoms. The minimum absolute atomic E-state index is 0.136. The Balaban J connectivity index is 1.28. The Morgan fingerprint density at radius 3 is 2.52 bits per heavy atom. The number of aliphatic hydroxyl groups is 1. The summed E-state index contributed by atoms with van der Waals surface area (Å²) in [5.74, 6) is 1.64. The molecule has 0 bridgehead atoms. The Bertz CT molecular complexity index is 528. The fourth-order valence-corrected chi connectivity index (χ4v) is 3.03. The fourth-order valence-electron chi connectivity index (χ4n) is 3.03. The highest BCUT2D eigenvalue weighted by molar-refractivity contribution is 5.78. The minimum atomic E-state index is -0.506. The second-order valence-electron chi connectivity index (χ2n) is 7.10. The number of carbonyl (C=O) groups is 1. The average Bonchev–Trinajstić information content (AvgIpc) is 3.45. The summed E-state index contributed by atoms with van der Waals surface area (Å²) in [5.41, 5.74) is 0. The Kier molecular flexibility index (Phi) is 6.67. The molecule has 1 saturated heterocycles. The molecule has 138 valence electrons. The van der Waals surface area contributed by atoms with Crippen molar-refractivity contribution in [3.63, 3.8) is 0 Å². The van der Waals surface area contributed by atoms with E-state index in [1.54, 1.807) is 0 Å². The van der Waals surface area contributed by atoms with Crippen molar-refractivity contribution in [3.05, 3.63) is 30.3 Å². The van der Waals surface area contributed by atoms with E-state index in [2.05, 4.69) is 15.1 Å². The van der Waals surface area contributed by atoms with Crippen molar-refractivity contribution in [2.24, 2.45) is 5.92 Å². The number of hydrogen-bond acceptors (Lipinski definition) is 5. The van der Waals surface area contributed by atoms with Gasteiger partial charge in [0, 0.05) is 39.3 Å². The van der Waals surface area contributed by atoms with Crippen LogP contribution in [0.4, 0.5) is 0 Å². The van der Waals surface area contributed by atoms with Crippen LogP contribution < -0.4 is 10.1 Å². The van der Waals surface area contributed by atoms with Crippen LogP contribution in [0.1, 0.15) is 12.8 Å². The van der Waals surface area contributed by atoms with Gasteiger partial charge in [0.1, 0.15) is 18.5 Å². The van der Waals surface area contributed by atoms with Crippen molar-refractivity contribution in [1.82, 2.24) is 15.1 Å². The summed E-state index contributed by atoms with van der Waals surface area (Å²) in [6.07, 6.45) is 2.01. The summed E-state index contributed by atoms with van der Waals surface area (Å²) in [5, 5.41) is 13.2. The Hall–Kier alpha value is -1.63. The number of carbonyl (C=O) groups excluding carboxylic acids is 1. The molecule has 25 heavy (non-hydrogen) atoms. The molecular weight excluding hydrogens is 318 g/mol. The third-order valence-electron chi connectivity index (χ3n) is 4.77. The van der Waals surface area contributed by atoms with Crippen LogP contribution in [-0.4, -0.2) is 79.3 Å². The van der Waals surface area contributed by atoms with Gasteiger partial charge in [-0.3, -0.25) is 14.6 Å². The normalized spacial score (nSPS) is 20.2. The predicted molar refractivity (Wildman–Crippen MR) is 96.6 cm³/mol. The molecule has 6 nitrogen and oxygen atoms in total. The lowest BCUT2D eigenvalue weighted by atomic mass is 10.2. The highest BCUT2D eigenvalue weighted by Gasteiger charge is 2.23. The van der Waals surface area contributed by atoms with Gasteiger partial charge in [0.2, 0.25) is 5.91 Å². The van der Waals surface area contributed by atoms with E-state index in [4.69, 9.17) is 4.74 Å². The first kappa shape index (κ1) is 18.2. The zero-order chi connectivity index (χ0) is 17.5. The molecular formula is C19H29N3O3. The second kappa shape index (κ2) is 9.17. The molecule has 1 unspecified atom stereocenters. The maximum atomic E-state index is 11.9. The highest BCUT2D eigenvalue weighted by atomic mass is 16.5. The summed E-state index contributed by atoms with van der Waals surface area (Å²) in [7, 11) is 0. The standard InChI is InChI=1S/C19H29N3O3/c23-17(15-25-18-4-2-1-3-5-18)13-21-8-10-22(11-9-21)14-19(24)20-12-16-6-7-16/h1-5,16-17,23H,6-15H2,(H,20,24). The number of ether oxygens (including phenoxy) is 1. The minimum Gasteiger partial charge on any atom is -0.491 e. The molecule has 1 aliphatic carbocycles. The lowest BCUT2D eigenvalue weighted by molar-refractivity contribution is -0.122. The first-order valence-corrected chi connectivity index (χ1v) is 9.26. The Morgan fingerprint density at radius 1 is 1.16 bits per heavy atom. The van der Waals surface area contributed by atoms with E-state index >= 15 is 0 Å². The number of piperazine rings is 1. The van der Waals surface area contributed by atoms with Crippen LogP contribution in [0.15, 0.2) is 30.3 Å². The van der Waals surface area contributed by atoms with Crippen molar-refractivity contribution in [2.75, 3.05) is 52.4 Å². The quantitative estimate of drug-likeness (QED) is 0.684. The fraction of sp³-hybridized carbons (Fsp3) is 0.632. The summed E-state index contributed by atoms with van der Waals surface area (Å²) in [4.78, 5) is 16.3. The molecule has 1 saturated carbocycles. The number of rotatable bonds is 9. The van der Waals surface area contributed by atoms with Crippen molar-refractivity contribution >= 4 is 5.91 Å². The number of amides is 1. The van der Waals surface area contributed by atoms with Gasteiger partial charge in [-0.2, -0.15) is 0 Å². The smallest absolute Gasteiger partial charge is 0.234 e. The number of benzene rings is 1. The molecule has 2 N–H and O–H groups in total. The van der Waals surface area contributed by atoms with Gasteiger partial charge in [0.25, 0.3) is 0 Å². The van der Waals surface area contributed by atoms with Gasteiger partial charge in [0.05, 0.1) is 6.54 Å². The molecule has 1 heterocycles. The predicted octanol–water partition coefficient (Wildman–Crippen LogP) is 0.570. The van der Waals surface area contributed by atoms with E-state index in [-0.39, 0.29) is 5.91 Å². The number of nitrogens with one attached hydrogen (secondary N) is 1. The third-order valence-corrected chi connectivity index (χ3v) is 4.77. The maximum absolute atomic E-state index is 11.9. The number of hydrogen-bond donors (Lipinski definition) is 2. The van der Waals surface area contributed by atoms with Crippen molar-refractivity contribution in [3.8, 4) is 5.75 Å². The van der Waals surface area contributed by atoms with Crippen molar-refractivity contribution in [1.29, 1.82) is 0 Å². The SMILES string of the molecule is O=C(CN1CCN(CC(O)COc2ccccc2)CC1)NCC1CC1. The molecule has 1 aromatic carbocycles. The lowest BCUT2D eigenvalue weighted by Gasteiger charge is -2.35. The molecule has 1 amide bonds. The number of para-hydroxylation sites is 1. The zero-order valence-electron chi connectivity index (χ0n) is 14.8. The van der Waals surface area contributed by atoms with Crippen LogP contribution >= 0.6 is 0 Å². The molecule has 0 radical (unpaired) electrons. The topological polar surface area (TPSA) is 65.0 Å². The van der Waals surface area contributed by atoms with E-state index in [1.807, 2.05) is 30.3 Å². The van der Waals surface area contributed by atoms with Crippen LogP contribution in [0.3, 0.4) is 0 Å². The van der Waals surface area contributed by atoms with E-state index in [1.165, 1.54) is 12.8 Å². The van der Waals surface area contributed by atoms with Gasteiger partial charge in [-0.05, 0) is 30.9 Å². The summed E-state index contributed by atoms with van der Waals surface area (Å²) in [6.45, 7) is 5.71. The molecule has 2 fully saturated rings. The molecule has 1 atom stereocenters. The van der Waals surface area contributed by atoms with Crippen LogP contribution in [0.5, 0.6) is 5.75 Å². The second-order valence-corrected chi connectivity index (χ2v) is 7.10. The molecule has 0 aromatic heterocycles. The third kappa shape index (κ3) is 6.65. The molecule has 3 rings (SSSR count). The highest BCUT2D eigenvalue weighted by Crippen LogP contribution is 2.27. The van der Waals surface area contributed by atoms with Gasteiger partial charge >= 0.3 is 0 Å². The molecule has 0 spiro atoms. The lowest BCUT2D eigenvalue weighted by Crippen LogP contribution is -2.51. The average molecular weight is 347 g/mol. The van der Waals surface area contributed by atoms with Gasteiger partial charge in [-0.1, -0.05) is 18.2 Å². The summed E-state index contributed by atoms with van der Waals surface area (Å²) in [6, 6.07) is 9.55. The molecule has 1 aliphatic heterocycles. The van der Waals surface area contributed by atoms with Crippen LogP contribution in [0.2, 0.25) is 0 Å². The van der Waals surface area contributed by atoms with E-state index in [9.17, 15) is 9.90 Å². The number of aliphatic hydroxyl groups excluding tert-OH is 1. The van der Waals surface area contributed by atoms with Crippen LogP contribution in [0, 0.1) is 5.92 Å². The largest absolute Gasteiger partial charge is 0.491 e. The van der Waals surface area contributed by atoms with Gasteiger partial charge < -0.3 is 15.2 Å². The summed E-state index contributed by atoms with van der Waals surface area (Å²) < 4.78 is 5.59. The summed E-state index contributed by atoms with van der Waals surface area (Å²) >= 11 is 0. The Labute approximate surface area is 149 Å². The number of β-amino-alcohol motifs (C(OH)–C–C–N with tert-alkyl or cyclic N) is 1. The number of nitrogens with zero attached hydrogens (tertiary/aromatic N) is 2. The van der Waals surface area contributed by atoms with Gasteiger partial charge in [-0.25, -0.2) is 0 Å². The van der Waals surface area contributed by atoms with E-state index in [0.717, 1.165) is 44.4 Å². The van der Waals surface area contributed by atoms with Gasteiger partial charge in [-0.15, -0.1) is 0 Å². The van der Waals surface area contributed by atoms with Crippen molar-refractivity contribution in [2.45, 2.75) is 18.9 Å². The van der Waals surface area contributed by atoms with Gasteiger partial charge in [0.15, 0.2) is 0 Å². The zero-order valence-corrected chi connectivity index (χ0v) is 14.8. The first-order valence-electron chi connectivity index (χ1n) is 9.26.